The highest BCUT2D eigenvalue weighted by Crippen LogP contribution is 2.43. The van der Waals surface area contributed by atoms with Crippen LogP contribution in [0.15, 0.2) is 170 Å². The number of phosphoric ester groups is 1. The minimum Gasteiger partial charge on any atom is -0.462 e. The van der Waals surface area contributed by atoms with Crippen molar-refractivity contribution >= 4 is 19.8 Å². The van der Waals surface area contributed by atoms with Crippen LogP contribution in [0, 0.1) is 0 Å². The van der Waals surface area contributed by atoms with Crippen LogP contribution < -0.4 is 5.73 Å². The molecule has 2 atom stereocenters. The zero-order chi connectivity index (χ0) is 57.3. The number of carbonyl (C=O) groups is 2. The molecule has 0 saturated carbocycles. The summed E-state index contributed by atoms with van der Waals surface area (Å²) in [4.78, 5) is 35.2. The molecule has 0 aliphatic carbocycles. The molecule has 10 heteroatoms. The van der Waals surface area contributed by atoms with E-state index in [-0.39, 0.29) is 32.6 Å². The summed E-state index contributed by atoms with van der Waals surface area (Å²) in [5.74, 6) is -0.875. The maximum atomic E-state index is 12.7. The van der Waals surface area contributed by atoms with Crippen molar-refractivity contribution in [3.8, 4) is 0 Å². The third kappa shape index (κ3) is 62.4. The lowest BCUT2D eigenvalue weighted by Crippen LogP contribution is -2.29. The molecule has 0 fully saturated rings. The van der Waals surface area contributed by atoms with E-state index in [4.69, 9.17) is 24.3 Å². The Morgan fingerprint density at radius 1 is 0.380 bits per heavy atom. The Morgan fingerprint density at radius 2 is 0.658 bits per heavy atom. The van der Waals surface area contributed by atoms with E-state index in [1.165, 1.54) is 38.5 Å². The molecule has 0 bridgehead atoms. The van der Waals surface area contributed by atoms with E-state index in [0.29, 0.717) is 12.8 Å². The summed E-state index contributed by atoms with van der Waals surface area (Å²) in [6, 6.07) is 0. The van der Waals surface area contributed by atoms with Gasteiger partial charge in [0.15, 0.2) is 6.10 Å². The molecule has 0 aromatic rings. The van der Waals surface area contributed by atoms with Crippen molar-refractivity contribution in [2.45, 2.75) is 225 Å². The van der Waals surface area contributed by atoms with Crippen LogP contribution in [0.3, 0.4) is 0 Å². The van der Waals surface area contributed by atoms with Crippen molar-refractivity contribution in [3.63, 3.8) is 0 Å². The normalized spacial score (nSPS) is 14.2. The van der Waals surface area contributed by atoms with Gasteiger partial charge in [-0.05, 0) is 128 Å². The van der Waals surface area contributed by atoms with Crippen molar-refractivity contribution in [1.29, 1.82) is 0 Å². The van der Waals surface area contributed by atoms with Gasteiger partial charge in [-0.2, -0.15) is 0 Å². The number of allylic oxidation sites excluding steroid dienone is 28. The summed E-state index contributed by atoms with van der Waals surface area (Å²) in [6.07, 6.45) is 92.6. The number of esters is 2. The van der Waals surface area contributed by atoms with Gasteiger partial charge in [-0.15, -0.1) is 0 Å². The van der Waals surface area contributed by atoms with Crippen molar-refractivity contribution in [3.05, 3.63) is 170 Å². The summed E-state index contributed by atoms with van der Waals surface area (Å²) in [5, 5.41) is 0. The molecule has 79 heavy (non-hydrogen) atoms. The van der Waals surface area contributed by atoms with Crippen molar-refractivity contribution in [2.24, 2.45) is 5.73 Å². The molecule has 0 aromatic carbocycles. The fourth-order valence-electron chi connectivity index (χ4n) is 7.65. The van der Waals surface area contributed by atoms with Crippen LogP contribution in [-0.4, -0.2) is 49.3 Å². The fourth-order valence-corrected chi connectivity index (χ4v) is 8.42. The monoisotopic (exact) mass is 1110 g/mol. The zero-order valence-corrected chi connectivity index (χ0v) is 50.4. The Labute approximate surface area is 482 Å². The van der Waals surface area contributed by atoms with Gasteiger partial charge in [0, 0.05) is 19.4 Å². The lowest BCUT2D eigenvalue weighted by molar-refractivity contribution is -0.161. The first-order valence-corrected chi connectivity index (χ1v) is 32.1. The fraction of sp³-hybridized carbons (Fsp3) is 0.565. The standard InChI is InChI=1S/C69H110NO8P/c1-3-5-7-9-11-13-15-17-19-21-23-25-27-28-29-30-31-32-33-34-35-36-37-38-40-42-44-46-48-50-52-54-56-58-60-62-69(72)78-67(66-77-79(73,74)76-64-63-70)65-75-68(71)61-59-57-55-53-51-49-47-45-43-41-39-26-24-22-20-18-16-14-12-10-8-6-4-2/h5-8,11-14,17-20,23-26,28-29,31-32,34-35,37-38,42,44,48,50,67H,3-4,9-10,15-16,21-22,27,30,33,36,39-41,43,45-47,49,51-66,70H2,1-2H3,(H,73,74)/b7-5-,8-6-,13-11-,14-12-,19-17-,20-18-,25-23-,26-24-,29-28-,32-31-,35-34-,38-37-,44-42-,50-48-. The second-order valence-corrected chi connectivity index (χ2v) is 20.9. The van der Waals surface area contributed by atoms with Crippen molar-refractivity contribution < 1.29 is 37.6 Å². The molecular weight excluding hydrogens is 1000 g/mol. The van der Waals surface area contributed by atoms with E-state index in [0.717, 1.165) is 141 Å². The summed E-state index contributed by atoms with van der Waals surface area (Å²) in [5.41, 5.74) is 5.38. The Morgan fingerprint density at radius 3 is 0.975 bits per heavy atom. The number of phosphoric acid groups is 1. The van der Waals surface area contributed by atoms with Crippen LogP contribution in [0.4, 0.5) is 0 Å². The van der Waals surface area contributed by atoms with Gasteiger partial charge in [0.1, 0.15) is 6.61 Å². The predicted molar refractivity (Wildman–Crippen MR) is 339 cm³/mol. The number of unbranched alkanes of at least 4 members (excludes halogenated alkanes) is 14. The smallest absolute Gasteiger partial charge is 0.462 e. The molecule has 0 saturated heterocycles. The largest absolute Gasteiger partial charge is 0.472 e. The minimum atomic E-state index is -4.41. The molecule has 0 aliphatic heterocycles. The van der Waals surface area contributed by atoms with E-state index >= 15 is 0 Å². The number of rotatable bonds is 55. The predicted octanol–water partition coefficient (Wildman–Crippen LogP) is 19.8. The summed E-state index contributed by atoms with van der Waals surface area (Å²) < 4.78 is 33.0. The van der Waals surface area contributed by atoms with Gasteiger partial charge < -0.3 is 20.1 Å². The Kier molecular flexibility index (Phi) is 58.9. The van der Waals surface area contributed by atoms with Gasteiger partial charge >= 0.3 is 19.8 Å². The SMILES string of the molecule is CC/C=C\C/C=C\C/C=C\C/C=C\C/C=C\C/C=C\C/C=C\C/C=C\C/C=C\C/C=C\CCCCCCC(=O)OC(COC(=O)CCCCCCCCCCCC/C=C\C/C=C\C/C=C\C/C=C\CC)COP(=O)(O)OCCN. The molecule has 2 unspecified atom stereocenters. The van der Waals surface area contributed by atoms with Crippen molar-refractivity contribution in [2.75, 3.05) is 26.4 Å². The average molecular weight is 1110 g/mol. The third-order valence-electron chi connectivity index (χ3n) is 12.1. The summed E-state index contributed by atoms with van der Waals surface area (Å²) in [7, 11) is -4.41. The molecule has 0 amide bonds. The minimum absolute atomic E-state index is 0.0387. The topological polar surface area (TPSA) is 134 Å². The van der Waals surface area contributed by atoms with Gasteiger partial charge in [0.25, 0.3) is 0 Å². The van der Waals surface area contributed by atoms with E-state index in [2.05, 4.69) is 184 Å². The molecule has 9 nitrogen and oxygen atoms in total. The van der Waals surface area contributed by atoms with Crippen LogP contribution >= 0.6 is 7.82 Å². The van der Waals surface area contributed by atoms with Crippen LogP contribution in [0.25, 0.3) is 0 Å². The molecule has 0 aromatic heterocycles. The Hall–Kier alpha value is -4.63. The molecule has 0 heterocycles. The maximum Gasteiger partial charge on any atom is 0.472 e. The van der Waals surface area contributed by atoms with E-state index in [1.54, 1.807) is 0 Å². The van der Waals surface area contributed by atoms with Gasteiger partial charge in [-0.3, -0.25) is 18.6 Å². The first kappa shape index (κ1) is 74.4. The van der Waals surface area contributed by atoms with E-state index < -0.39 is 32.5 Å². The van der Waals surface area contributed by atoms with Crippen molar-refractivity contribution in [1.82, 2.24) is 0 Å². The average Bonchev–Trinajstić information content (AvgIpc) is 3.44. The van der Waals surface area contributed by atoms with E-state index in [9.17, 15) is 19.0 Å². The number of nitrogens with two attached hydrogens (primary N) is 1. The highest BCUT2D eigenvalue weighted by molar-refractivity contribution is 7.47. The summed E-state index contributed by atoms with van der Waals surface area (Å²) >= 11 is 0. The first-order chi connectivity index (χ1) is 38.8. The van der Waals surface area contributed by atoms with Crippen LogP contribution in [0.5, 0.6) is 0 Å². The Bertz CT molecular complexity index is 1890. The molecule has 0 rings (SSSR count). The maximum absolute atomic E-state index is 12.7. The first-order valence-electron chi connectivity index (χ1n) is 30.6. The number of carbonyl (C=O) groups excluding carboxylic acids is 2. The van der Waals surface area contributed by atoms with Crippen LogP contribution in [-0.2, 0) is 32.7 Å². The highest BCUT2D eigenvalue weighted by Gasteiger charge is 2.26. The number of ether oxygens (including phenoxy) is 2. The highest BCUT2D eigenvalue weighted by atomic mass is 31.2. The van der Waals surface area contributed by atoms with Gasteiger partial charge in [0.05, 0.1) is 13.2 Å². The van der Waals surface area contributed by atoms with Crippen LogP contribution in [0.2, 0.25) is 0 Å². The molecule has 0 aliphatic rings. The molecule has 0 spiro atoms. The molecule has 3 N–H and O–H groups in total. The second-order valence-electron chi connectivity index (χ2n) is 19.5. The summed E-state index contributed by atoms with van der Waals surface area (Å²) in [6.45, 7) is 3.46. The van der Waals surface area contributed by atoms with E-state index in [1.807, 2.05) is 0 Å². The zero-order valence-electron chi connectivity index (χ0n) is 49.5. The Balaban J connectivity index is 4.09. The number of hydrogen-bond acceptors (Lipinski definition) is 8. The number of hydrogen-bond donors (Lipinski definition) is 2. The van der Waals surface area contributed by atoms with Gasteiger partial charge in [0.2, 0.25) is 0 Å². The third-order valence-corrected chi connectivity index (χ3v) is 13.1. The second kappa shape index (κ2) is 62.6. The quantitative estimate of drug-likeness (QED) is 0.0264. The molecular formula is C69H110NO8P. The van der Waals surface area contributed by atoms with Gasteiger partial charge in [-0.1, -0.05) is 248 Å². The lowest BCUT2D eigenvalue weighted by atomic mass is 10.1. The molecule has 444 valence electrons. The van der Waals surface area contributed by atoms with Crippen LogP contribution in [0.1, 0.15) is 219 Å². The molecule has 0 radical (unpaired) electrons. The van der Waals surface area contributed by atoms with Gasteiger partial charge in [-0.25, -0.2) is 4.57 Å². The lowest BCUT2D eigenvalue weighted by Gasteiger charge is -2.19.